The minimum Gasteiger partial charge on any atom is -0.505 e. The molecule has 1 aliphatic rings. The molecule has 0 saturated carbocycles. The number of nitrogen functional groups attached to an aromatic ring is 1. The molecule has 0 amide bonds. The van der Waals surface area contributed by atoms with Crippen LogP contribution in [-0.4, -0.2) is 5.11 Å². The second-order valence-electron chi connectivity index (χ2n) is 2.87. The molecule has 1 aromatic rings. The lowest BCUT2D eigenvalue weighted by molar-refractivity contribution is 0.181. The van der Waals surface area contributed by atoms with Crippen molar-refractivity contribution in [3.05, 3.63) is 42.2 Å². The fourth-order valence-electron chi connectivity index (χ4n) is 1.23. The third-order valence-corrected chi connectivity index (χ3v) is 1.94. The van der Waals surface area contributed by atoms with Crippen LogP contribution in [0.25, 0.3) is 5.70 Å². The molecule has 72 valence electrons. The molecule has 2 rings (SSSR count). The quantitative estimate of drug-likeness (QED) is 0.462. The highest BCUT2D eigenvalue weighted by molar-refractivity contribution is 5.75. The van der Waals surface area contributed by atoms with E-state index in [1.165, 1.54) is 6.26 Å². The minimum absolute atomic E-state index is 0.0603. The van der Waals surface area contributed by atoms with Gasteiger partial charge in [0.1, 0.15) is 12.0 Å². The van der Waals surface area contributed by atoms with Crippen molar-refractivity contribution in [1.82, 2.24) is 5.48 Å². The highest BCUT2D eigenvalue weighted by Crippen LogP contribution is 2.29. The monoisotopic (exact) mass is 190 g/mol. The van der Waals surface area contributed by atoms with Gasteiger partial charge in [-0.3, -0.25) is 0 Å². The van der Waals surface area contributed by atoms with Gasteiger partial charge in [-0.25, -0.2) is 5.48 Å². The van der Waals surface area contributed by atoms with Crippen molar-refractivity contribution in [2.75, 3.05) is 5.73 Å². The Morgan fingerprint density at radius 2 is 2.21 bits per heavy atom. The fraction of sp³-hybridized carbons (Fsp3) is 0. The maximum atomic E-state index is 9.66. The first-order valence-corrected chi connectivity index (χ1v) is 4.15. The summed E-state index contributed by atoms with van der Waals surface area (Å²) in [7, 11) is 0. The Morgan fingerprint density at radius 3 is 2.93 bits per heavy atom. The van der Waals surface area contributed by atoms with Crippen molar-refractivity contribution in [2.24, 2.45) is 0 Å². The Labute approximate surface area is 81.3 Å². The lowest BCUT2D eigenvalue weighted by Gasteiger charge is -2.14. The molecule has 0 bridgehead atoms. The molecule has 0 aliphatic carbocycles. The van der Waals surface area contributed by atoms with Crippen LogP contribution >= 0.6 is 0 Å². The van der Waals surface area contributed by atoms with E-state index in [9.17, 15) is 5.11 Å². The average Bonchev–Trinajstić information content (AvgIpc) is 2.23. The van der Waals surface area contributed by atoms with Crippen molar-refractivity contribution in [2.45, 2.75) is 0 Å². The summed E-state index contributed by atoms with van der Waals surface area (Å²) in [6.07, 6.45) is 5.03. The molecule has 0 radical (unpaired) electrons. The lowest BCUT2D eigenvalue weighted by atomic mass is 10.1. The number of hydrogen-bond acceptors (Lipinski definition) is 4. The molecular weight excluding hydrogens is 180 g/mol. The smallest absolute Gasteiger partial charge is 0.147 e. The van der Waals surface area contributed by atoms with Crippen LogP contribution in [0.4, 0.5) is 5.69 Å². The Kier molecular flexibility index (Phi) is 2.02. The number of hydrogen-bond donors (Lipinski definition) is 3. The lowest BCUT2D eigenvalue weighted by Crippen LogP contribution is -2.12. The minimum atomic E-state index is 0.0603. The van der Waals surface area contributed by atoms with Gasteiger partial charge in [-0.05, 0) is 24.3 Å². The van der Waals surface area contributed by atoms with Crippen LogP contribution in [0.15, 0.2) is 36.6 Å². The summed E-state index contributed by atoms with van der Waals surface area (Å²) in [5.41, 5.74) is 9.87. The number of phenolic OH excluding ortho intramolecular Hbond substituents is 1. The average molecular weight is 190 g/mol. The van der Waals surface area contributed by atoms with Crippen LogP contribution in [0.2, 0.25) is 0 Å². The van der Waals surface area contributed by atoms with E-state index >= 15 is 0 Å². The van der Waals surface area contributed by atoms with Gasteiger partial charge in [0.25, 0.3) is 0 Å². The second kappa shape index (κ2) is 3.33. The second-order valence-corrected chi connectivity index (χ2v) is 2.87. The van der Waals surface area contributed by atoms with E-state index in [2.05, 4.69) is 5.48 Å². The van der Waals surface area contributed by atoms with E-state index < -0.39 is 0 Å². The molecule has 14 heavy (non-hydrogen) atoms. The third kappa shape index (κ3) is 1.37. The van der Waals surface area contributed by atoms with Gasteiger partial charge in [0.2, 0.25) is 0 Å². The number of nitrogens with two attached hydrogens (primary N) is 1. The SMILES string of the molecule is Nc1cccc(C2=CC=CON2)c1O. The molecule has 0 spiro atoms. The number of nitrogens with one attached hydrogen (secondary N) is 1. The molecule has 1 aromatic carbocycles. The summed E-state index contributed by atoms with van der Waals surface area (Å²) in [6, 6.07) is 5.16. The predicted octanol–water partition coefficient (Wildman–Crippen LogP) is 1.36. The van der Waals surface area contributed by atoms with E-state index in [-0.39, 0.29) is 5.75 Å². The Morgan fingerprint density at radius 1 is 1.36 bits per heavy atom. The first-order valence-electron chi connectivity index (χ1n) is 4.15. The molecule has 0 fully saturated rings. The highest BCUT2D eigenvalue weighted by Gasteiger charge is 2.10. The number of para-hydroxylation sites is 1. The van der Waals surface area contributed by atoms with E-state index in [1.54, 1.807) is 30.4 Å². The van der Waals surface area contributed by atoms with Gasteiger partial charge in [-0.2, -0.15) is 0 Å². The van der Waals surface area contributed by atoms with Crippen LogP contribution in [0.3, 0.4) is 0 Å². The standard InChI is InChI=1S/C10H10N2O2/c11-8-4-1-3-7(10(8)13)9-5-2-6-14-12-9/h1-6,12-13H,11H2. The molecule has 0 atom stereocenters. The van der Waals surface area contributed by atoms with E-state index in [0.717, 1.165) is 0 Å². The third-order valence-electron chi connectivity index (χ3n) is 1.94. The van der Waals surface area contributed by atoms with Crippen molar-refractivity contribution in [3.63, 3.8) is 0 Å². The zero-order valence-corrected chi connectivity index (χ0v) is 7.40. The van der Waals surface area contributed by atoms with Gasteiger partial charge in [0, 0.05) is 5.56 Å². The van der Waals surface area contributed by atoms with E-state index in [4.69, 9.17) is 10.6 Å². The topological polar surface area (TPSA) is 67.5 Å². The zero-order chi connectivity index (χ0) is 9.97. The summed E-state index contributed by atoms with van der Waals surface area (Å²) in [5.74, 6) is 0.0603. The van der Waals surface area contributed by atoms with Gasteiger partial charge in [0.15, 0.2) is 0 Å². The summed E-state index contributed by atoms with van der Waals surface area (Å²) in [5, 5.41) is 9.66. The molecule has 1 heterocycles. The molecule has 0 aromatic heterocycles. The number of phenols is 1. The van der Waals surface area contributed by atoms with Crippen LogP contribution in [0, 0.1) is 0 Å². The Hall–Kier alpha value is -2.10. The van der Waals surface area contributed by atoms with E-state index in [0.29, 0.717) is 16.9 Å². The van der Waals surface area contributed by atoms with Crippen LogP contribution < -0.4 is 11.2 Å². The van der Waals surface area contributed by atoms with Crippen LogP contribution in [0.1, 0.15) is 5.56 Å². The first-order chi connectivity index (χ1) is 6.79. The maximum absolute atomic E-state index is 9.66. The van der Waals surface area contributed by atoms with Crippen LogP contribution in [-0.2, 0) is 4.84 Å². The van der Waals surface area contributed by atoms with Crippen molar-refractivity contribution < 1.29 is 9.94 Å². The molecule has 0 saturated heterocycles. The van der Waals surface area contributed by atoms with Crippen LogP contribution in [0.5, 0.6) is 5.75 Å². The number of aromatic hydroxyl groups is 1. The van der Waals surface area contributed by atoms with Gasteiger partial charge >= 0.3 is 0 Å². The summed E-state index contributed by atoms with van der Waals surface area (Å²) < 4.78 is 0. The highest BCUT2D eigenvalue weighted by atomic mass is 16.6. The number of anilines is 1. The molecule has 4 heteroatoms. The predicted molar refractivity (Wildman–Crippen MR) is 53.9 cm³/mol. The number of hydroxylamine groups is 1. The van der Waals surface area contributed by atoms with Crippen molar-refractivity contribution in [3.8, 4) is 5.75 Å². The zero-order valence-electron chi connectivity index (χ0n) is 7.40. The molecule has 1 aliphatic heterocycles. The number of allylic oxidation sites excluding steroid dienone is 2. The van der Waals surface area contributed by atoms with E-state index in [1.807, 2.05) is 0 Å². The largest absolute Gasteiger partial charge is 0.505 e. The Balaban J connectivity index is 2.45. The maximum Gasteiger partial charge on any atom is 0.147 e. The van der Waals surface area contributed by atoms with Crippen molar-refractivity contribution >= 4 is 11.4 Å². The van der Waals surface area contributed by atoms with Gasteiger partial charge < -0.3 is 15.7 Å². The Bertz CT molecular complexity index is 411. The summed E-state index contributed by atoms with van der Waals surface area (Å²) in [4.78, 5) is 4.88. The van der Waals surface area contributed by atoms with Gasteiger partial charge in [-0.15, -0.1) is 0 Å². The van der Waals surface area contributed by atoms with Gasteiger partial charge in [0.05, 0.1) is 11.4 Å². The molecule has 4 N–H and O–H groups in total. The summed E-state index contributed by atoms with van der Waals surface area (Å²) in [6.45, 7) is 0. The van der Waals surface area contributed by atoms with Crippen molar-refractivity contribution in [1.29, 1.82) is 0 Å². The molecular formula is C10H10N2O2. The van der Waals surface area contributed by atoms with Gasteiger partial charge in [-0.1, -0.05) is 6.07 Å². The summed E-state index contributed by atoms with van der Waals surface area (Å²) >= 11 is 0. The normalized spacial score (nSPS) is 14.1. The number of rotatable bonds is 1. The first kappa shape index (κ1) is 8.50. The number of benzene rings is 1. The fourth-order valence-corrected chi connectivity index (χ4v) is 1.23. The molecule has 0 unspecified atom stereocenters. The molecule has 4 nitrogen and oxygen atoms in total.